The Labute approximate surface area is 175 Å². The molecule has 0 aliphatic carbocycles. The first-order valence-corrected chi connectivity index (χ1v) is 6.89. The minimum absolute atomic E-state index is 0. The first-order chi connectivity index (χ1) is 9.56. The number of aromatic nitrogens is 1. The maximum absolute atomic E-state index is 11.9. The molecule has 0 amide bonds. The van der Waals surface area contributed by atoms with Crippen molar-refractivity contribution in [2.24, 2.45) is 0 Å². The molecule has 0 aliphatic heterocycles. The summed E-state index contributed by atoms with van der Waals surface area (Å²) < 4.78 is 0. The van der Waals surface area contributed by atoms with Gasteiger partial charge in [0.2, 0.25) is 0 Å². The van der Waals surface area contributed by atoms with E-state index in [2.05, 4.69) is 4.98 Å². The van der Waals surface area contributed by atoms with Gasteiger partial charge in [0.25, 0.3) is 0 Å². The first kappa shape index (κ1) is 18.8. The maximum Gasteiger partial charge on any atom is 1.00 e. The van der Waals surface area contributed by atoms with E-state index in [9.17, 15) is 9.59 Å². The third-order valence-corrected chi connectivity index (χ3v) is 3.62. The summed E-state index contributed by atoms with van der Waals surface area (Å²) in [4.78, 5) is 26.9. The number of aromatic carboxylic acids is 1. The Morgan fingerprint density at radius 1 is 1.24 bits per heavy atom. The molecule has 0 fully saturated rings. The van der Waals surface area contributed by atoms with Gasteiger partial charge in [-0.3, -0.25) is 4.79 Å². The summed E-state index contributed by atoms with van der Waals surface area (Å²) in [5.41, 5.74) is 0.849. The smallest absolute Gasteiger partial charge is 1.00 e. The van der Waals surface area contributed by atoms with Crippen molar-refractivity contribution < 1.29 is 67.5 Å². The number of nitrogens with zero attached hydrogens (tertiary/aromatic N) is 1. The molecule has 1 aromatic heterocycles. The fraction of sp³-hybridized carbons (Fsp3) is 0.0714. The van der Waals surface area contributed by atoms with Crippen LogP contribution in [-0.2, 0) is 11.2 Å². The zero-order valence-corrected chi connectivity index (χ0v) is 15.9. The molecule has 0 saturated carbocycles. The van der Waals surface area contributed by atoms with E-state index in [0.29, 0.717) is 5.02 Å². The zero-order valence-electron chi connectivity index (χ0n) is 12.2. The van der Waals surface area contributed by atoms with E-state index in [1.807, 2.05) is 0 Å². The number of pyridine rings is 1. The summed E-state index contributed by atoms with van der Waals surface area (Å²) >= 11 is 6.60. The van der Waals surface area contributed by atoms with Crippen molar-refractivity contribution in [2.75, 3.05) is 0 Å². The molecule has 104 valence electrons. The number of thioether (sulfide) groups is 1. The minimum atomic E-state index is -1.10. The summed E-state index contributed by atoms with van der Waals surface area (Å²) in [5.74, 6) is -1.10. The number of carbonyl (C=O) groups is 2. The van der Waals surface area contributed by atoms with E-state index in [-0.39, 0.29) is 74.9 Å². The van der Waals surface area contributed by atoms with Crippen molar-refractivity contribution in [1.29, 1.82) is 0 Å². The van der Waals surface area contributed by atoms with Crippen LogP contribution in [0.1, 0.15) is 17.3 Å². The quantitative estimate of drug-likeness (QED) is 0.641. The van der Waals surface area contributed by atoms with Gasteiger partial charge in [0.1, 0.15) is 5.03 Å². The van der Waals surface area contributed by atoms with Gasteiger partial charge in [0, 0.05) is 17.6 Å². The van der Waals surface area contributed by atoms with Crippen molar-refractivity contribution in [3.8, 4) is 0 Å². The van der Waals surface area contributed by atoms with Gasteiger partial charge in [-0.25, -0.2) is 9.78 Å². The number of carboxylic acids is 1. The Balaban J connectivity index is 0.00000220. The largest absolute Gasteiger partial charge is 1.00 e. The van der Waals surface area contributed by atoms with Crippen LogP contribution in [0.3, 0.4) is 0 Å². The molecule has 1 aromatic carbocycles. The Morgan fingerprint density at radius 2 is 1.90 bits per heavy atom. The number of halogens is 1. The fourth-order valence-electron chi connectivity index (χ4n) is 1.55. The van der Waals surface area contributed by atoms with Crippen LogP contribution in [0, 0.1) is 0 Å². The third kappa shape index (κ3) is 5.82. The molecular weight excluding hydrogens is 337 g/mol. The Hall–Kier alpha value is -0.214. The van der Waals surface area contributed by atoms with Gasteiger partial charge in [0.05, 0.1) is 5.56 Å². The molecule has 21 heavy (non-hydrogen) atoms. The van der Waals surface area contributed by atoms with E-state index in [0.717, 1.165) is 17.3 Å². The number of rotatable bonds is 4. The Morgan fingerprint density at radius 3 is 2.52 bits per heavy atom. The number of benzene rings is 1. The Kier molecular flexibility index (Phi) is 8.11. The predicted molar refractivity (Wildman–Crippen MR) is 78.3 cm³/mol. The van der Waals surface area contributed by atoms with Gasteiger partial charge in [-0.15, -0.1) is 0 Å². The summed E-state index contributed by atoms with van der Waals surface area (Å²) in [6, 6.07) is 9.88. The van der Waals surface area contributed by atoms with Crippen LogP contribution in [0.15, 0.2) is 47.6 Å². The number of carboxylic acid groups (broad SMARTS) is 1. The Bertz CT molecular complexity index is 655. The maximum atomic E-state index is 11.9. The molecule has 0 atom stereocenters. The molecule has 0 saturated heterocycles. The van der Waals surface area contributed by atoms with Gasteiger partial charge >= 0.3 is 57.4 Å². The van der Waals surface area contributed by atoms with Crippen LogP contribution in [0.5, 0.6) is 0 Å². The molecule has 0 aliphatic rings. The number of carbonyl (C=O) groups excluding carboxylic acids is 1. The van der Waals surface area contributed by atoms with Crippen molar-refractivity contribution in [3.63, 3.8) is 0 Å². The van der Waals surface area contributed by atoms with Crippen molar-refractivity contribution in [2.45, 2.75) is 11.4 Å². The number of hydrogen-bond acceptors (Lipinski definition) is 4. The van der Waals surface area contributed by atoms with E-state index >= 15 is 0 Å². The molecule has 0 radical (unpaired) electrons. The first-order valence-electron chi connectivity index (χ1n) is 5.69. The van der Waals surface area contributed by atoms with E-state index in [1.165, 1.54) is 18.3 Å². The monoisotopic (exact) mass is 347 g/mol. The fourth-order valence-corrected chi connectivity index (χ4v) is 2.51. The standard InChI is InChI=1S/C14H10ClNO3S.K.H/c15-10-5-3-9(4-6-10)8-12(17)20-13-11(14(18)19)2-1-7-16-13;;/h1-7H,8H2,(H,18,19);;/q;+1;-1. The molecule has 1 N–H and O–H groups in total. The van der Waals surface area contributed by atoms with Crippen LogP contribution in [0.25, 0.3) is 0 Å². The van der Waals surface area contributed by atoms with Gasteiger partial charge < -0.3 is 6.53 Å². The molecule has 0 unspecified atom stereocenters. The molecule has 1 heterocycles. The van der Waals surface area contributed by atoms with Crippen molar-refractivity contribution in [1.82, 2.24) is 4.98 Å². The minimum Gasteiger partial charge on any atom is -1.00 e. The van der Waals surface area contributed by atoms with E-state index in [4.69, 9.17) is 16.7 Å². The van der Waals surface area contributed by atoms with Gasteiger partial charge in [-0.2, -0.15) is 0 Å². The molecule has 4 nitrogen and oxygen atoms in total. The summed E-state index contributed by atoms with van der Waals surface area (Å²) in [6.07, 6.45) is 1.65. The zero-order chi connectivity index (χ0) is 14.5. The van der Waals surface area contributed by atoms with Gasteiger partial charge in [-0.1, -0.05) is 23.7 Å². The average Bonchev–Trinajstić information content (AvgIpc) is 2.41. The van der Waals surface area contributed by atoms with Crippen LogP contribution < -0.4 is 51.4 Å². The van der Waals surface area contributed by atoms with Crippen LogP contribution in [0.2, 0.25) is 5.02 Å². The predicted octanol–water partition coefficient (Wildman–Crippen LogP) is 0.411. The normalized spacial score (nSPS) is 9.76. The van der Waals surface area contributed by atoms with Gasteiger partial charge in [0.15, 0.2) is 5.12 Å². The molecular formula is C14H11ClKNO3S. The topological polar surface area (TPSA) is 67.3 Å². The van der Waals surface area contributed by atoms with Crippen LogP contribution >= 0.6 is 23.4 Å². The molecule has 2 aromatic rings. The van der Waals surface area contributed by atoms with E-state index in [1.54, 1.807) is 24.3 Å². The summed E-state index contributed by atoms with van der Waals surface area (Å²) in [7, 11) is 0. The second-order valence-electron chi connectivity index (χ2n) is 3.94. The number of hydrogen-bond donors (Lipinski definition) is 1. The summed E-state index contributed by atoms with van der Waals surface area (Å²) in [5, 5.41) is 9.66. The van der Waals surface area contributed by atoms with E-state index < -0.39 is 5.97 Å². The van der Waals surface area contributed by atoms with Crippen molar-refractivity contribution in [3.05, 3.63) is 58.7 Å². The molecule has 0 bridgehead atoms. The third-order valence-electron chi connectivity index (χ3n) is 2.47. The average molecular weight is 348 g/mol. The van der Waals surface area contributed by atoms with Gasteiger partial charge in [-0.05, 0) is 41.6 Å². The van der Waals surface area contributed by atoms with Crippen LogP contribution in [0.4, 0.5) is 0 Å². The van der Waals surface area contributed by atoms with Crippen molar-refractivity contribution >= 4 is 34.4 Å². The molecule has 7 heteroatoms. The second kappa shape index (κ2) is 9.04. The summed E-state index contributed by atoms with van der Waals surface area (Å²) in [6.45, 7) is 0. The SMILES string of the molecule is O=C(Cc1ccc(Cl)cc1)Sc1ncccc1C(=O)O.[H-].[K+]. The molecule has 0 spiro atoms. The molecule has 2 rings (SSSR count). The second-order valence-corrected chi connectivity index (χ2v) is 5.42. The van der Waals surface area contributed by atoms with Crippen LogP contribution in [-0.4, -0.2) is 21.2 Å².